The zero-order valence-corrected chi connectivity index (χ0v) is 13.3. The fraction of sp³-hybridized carbons (Fsp3) is 0.333. The second-order valence-corrected chi connectivity index (χ2v) is 6.52. The summed E-state index contributed by atoms with van der Waals surface area (Å²) in [5, 5.41) is 2.98. The summed E-state index contributed by atoms with van der Waals surface area (Å²) in [6.07, 6.45) is 2.76. The number of anilines is 1. The van der Waals surface area contributed by atoms with Crippen LogP contribution in [0, 0.1) is 6.92 Å². The average Bonchev–Trinajstić information content (AvgIpc) is 2.85. The lowest BCUT2D eigenvalue weighted by molar-refractivity contribution is 0.428. The molecule has 2 heterocycles. The molecule has 1 unspecified atom stereocenters. The maximum absolute atomic E-state index is 12.3. The van der Waals surface area contributed by atoms with Crippen molar-refractivity contribution in [1.82, 2.24) is 14.7 Å². The Morgan fingerprint density at radius 2 is 2.05 bits per heavy atom. The molecule has 0 aliphatic carbocycles. The summed E-state index contributed by atoms with van der Waals surface area (Å²) in [6.45, 7) is 3.37. The monoisotopic (exact) mass is 330 g/mol. The Labute approximate surface area is 127 Å². The van der Waals surface area contributed by atoms with E-state index in [-0.39, 0.29) is 9.92 Å². The predicted molar refractivity (Wildman–Crippen MR) is 78.8 cm³/mol. The van der Waals surface area contributed by atoms with Gasteiger partial charge in [0, 0.05) is 13.2 Å². The zero-order valence-electron chi connectivity index (χ0n) is 11.7. The van der Waals surface area contributed by atoms with E-state index in [4.69, 9.17) is 16.0 Å². The molecule has 2 rings (SSSR count). The third kappa shape index (κ3) is 3.52. The first-order valence-corrected chi connectivity index (χ1v) is 7.97. The summed E-state index contributed by atoms with van der Waals surface area (Å²) in [7, 11) is -2.12. The topological polar surface area (TPSA) is 97.1 Å². The second-order valence-electron chi connectivity index (χ2n) is 4.40. The maximum atomic E-state index is 12.3. The van der Waals surface area contributed by atoms with Crippen LogP contribution in [0.3, 0.4) is 0 Å². The Bertz CT molecular complexity index is 745. The van der Waals surface area contributed by atoms with Crippen LogP contribution in [0.25, 0.3) is 0 Å². The van der Waals surface area contributed by atoms with Gasteiger partial charge in [0.05, 0.1) is 17.3 Å². The Morgan fingerprint density at radius 1 is 1.33 bits per heavy atom. The highest BCUT2D eigenvalue weighted by molar-refractivity contribution is 7.89. The van der Waals surface area contributed by atoms with Crippen LogP contribution < -0.4 is 10.0 Å². The molecule has 0 saturated heterocycles. The second kappa shape index (κ2) is 6.00. The number of pyridine rings is 1. The van der Waals surface area contributed by atoms with Crippen LogP contribution in [0.5, 0.6) is 0 Å². The lowest BCUT2D eigenvalue weighted by Crippen LogP contribution is -2.27. The molecule has 0 bridgehead atoms. The normalized spacial score (nSPS) is 13.1. The number of rotatable bonds is 5. The number of nitrogens with one attached hydrogen (secondary N) is 2. The van der Waals surface area contributed by atoms with Gasteiger partial charge in [0.15, 0.2) is 0 Å². The van der Waals surface area contributed by atoms with Gasteiger partial charge in [-0.3, -0.25) is 0 Å². The molecule has 0 aromatic carbocycles. The lowest BCUT2D eigenvalue weighted by atomic mass is 10.4. The predicted octanol–water partition coefficient (Wildman–Crippen LogP) is 2.11. The molecule has 1 atom stereocenters. The number of sulfonamides is 1. The van der Waals surface area contributed by atoms with Gasteiger partial charge in [-0.25, -0.2) is 18.4 Å². The third-order valence-corrected chi connectivity index (χ3v) is 4.50. The van der Waals surface area contributed by atoms with E-state index >= 15 is 0 Å². The van der Waals surface area contributed by atoms with Crippen molar-refractivity contribution in [1.29, 1.82) is 0 Å². The van der Waals surface area contributed by atoms with E-state index in [1.54, 1.807) is 20.9 Å². The van der Waals surface area contributed by atoms with Crippen molar-refractivity contribution in [3.05, 3.63) is 35.1 Å². The molecule has 21 heavy (non-hydrogen) atoms. The van der Waals surface area contributed by atoms with Crippen molar-refractivity contribution in [2.24, 2.45) is 0 Å². The minimum absolute atomic E-state index is 0.0263. The Balaban J connectivity index is 2.24. The van der Waals surface area contributed by atoms with Crippen molar-refractivity contribution >= 4 is 27.4 Å². The smallest absolute Gasteiger partial charge is 0.242 e. The van der Waals surface area contributed by atoms with Gasteiger partial charge < -0.3 is 9.73 Å². The van der Waals surface area contributed by atoms with E-state index in [1.165, 1.54) is 18.5 Å². The largest absolute Gasteiger partial charge is 0.444 e. The van der Waals surface area contributed by atoms with Gasteiger partial charge in [-0.05, 0) is 19.9 Å². The molecular formula is C12H15ClN4O3S. The summed E-state index contributed by atoms with van der Waals surface area (Å²) in [6, 6.07) is 0.724. The van der Waals surface area contributed by atoms with Crippen molar-refractivity contribution in [3.63, 3.8) is 0 Å². The number of aromatic nitrogens is 2. The number of halogens is 1. The highest BCUT2D eigenvalue weighted by atomic mass is 35.5. The van der Waals surface area contributed by atoms with Crippen molar-refractivity contribution < 1.29 is 12.8 Å². The molecule has 0 aliphatic rings. The lowest BCUT2D eigenvalue weighted by Gasteiger charge is -2.12. The summed E-state index contributed by atoms with van der Waals surface area (Å²) in [5.41, 5.74) is 0. The van der Waals surface area contributed by atoms with Crippen LogP contribution in [-0.4, -0.2) is 25.4 Å². The molecule has 2 aromatic heterocycles. The minimum atomic E-state index is -3.77. The van der Waals surface area contributed by atoms with Crippen LogP contribution in [0.2, 0.25) is 5.02 Å². The molecule has 0 radical (unpaired) electrons. The molecule has 114 valence electrons. The first-order valence-electron chi connectivity index (χ1n) is 6.11. The number of aryl methyl sites for hydroxylation is 1. The number of hydrogen-bond acceptors (Lipinski definition) is 6. The number of hydrogen-bond donors (Lipinski definition) is 2. The fourth-order valence-electron chi connectivity index (χ4n) is 1.67. The van der Waals surface area contributed by atoms with Gasteiger partial charge in [-0.15, -0.1) is 0 Å². The van der Waals surface area contributed by atoms with Crippen LogP contribution in [0.4, 0.5) is 5.82 Å². The highest BCUT2D eigenvalue weighted by Crippen LogP contribution is 2.23. The van der Waals surface area contributed by atoms with E-state index < -0.39 is 16.1 Å². The molecule has 0 saturated carbocycles. The van der Waals surface area contributed by atoms with E-state index in [9.17, 15) is 8.42 Å². The van der Waals surface area contributed by atoms with Gasteiger partial charge in [0.25, 0.3) is 0 Å². The van der Waals surface area contributed by atoms with Gasteiger partial charge >= 0.3 is 0 Å². The molecule has 2 aromatic rings. The average molecular weight is 331 g/mol. The molecular weight excluding hydrogens is 316 g/mol. The van der Waals surface area contributed by atoms with Gasteiger partial charge in [0.1, 0.15) is 16.5 Å². The third-order valence-electron chi connectivity index (χ3n) is 2.70. The Kier molecular flexibility index (Phi) is 4.50. The number of oxazole rings is 1. The molecule has 0 fully saturated rings. The zero-order chi connectivity index (χ0) is 15.6. The summed E-state index contributed by atoms with van der Waals surface area (Å²) < 4.78 is 32.3. The van der Waals surface area contributed by atoms with Crippen LogP contribution in [-0.2, 0) is 10.0 Å². The summed E-state index contributed by atoms with van der Waals surface area (Å²) >= 11 is 5.94. The van der Waals surface area contributed by atoms with Gasteiger partial charge in [-0.1, -0.05) is 11.6 Å². The van der Waals surface area contributed by atoms with Crippen molar-refractivity contribution in [2.75, 3.05) is 12.4 Å². The van der Waals surface area contributed by atoms with Crippen LogP contribution in [0.15, 0.2) is 27.8 Å². The SMILES string of the molecule is CNc1ncc(S(=O)(=O)NC(C)c2ncc(C)o2)cc1Cl. The molecule has 9 heteroatoms. The standard InChI is InChI=1S/C12H15ClN4O3S/c1-7-5-16-12(20-7)8(2)17-21(18,19)9-4-10(13)11(14-3)15-6-9/h4-6,8,17H,1-3H3,(H,14,15). The van der Waals surface area contributed by atoms with E-state index in [1.807, 2.05) is 0 Å². The van der Waals surface area contributed by atoms with E-state index in [0.29, 0.717) is 17.5 Å². The van der Waals surface area contributed by atoms with Gasteiger partial charge in [0.2, 0.25) is 15.9 Å². The highest BCUT2D eigenvalue weighted by Gasteiger charge is 2.22. The molecule has 7 nitrogen and oxygen atoms in total. The fourth-order valence-corrected chi connectivity index (χ4v) is 3.17. The maximum Gasteiger partial charge on any atom is 0.242 e. The minimum Gasteiger partial charge on any atom is -0.444 e. The van der Waals surface area contributed by atoms with Crippen molar-refractivity contribution in [3.8, 4) is 0 Å². The summed E-state index contributed by atoms with van der Waals surface area (Å²) in [5.74, 6) is 1.31. The van der Waals surface area contributed by atoms with E-state index in [2.05, 4.69) is 20.0 Å². The molecule has 2 N–H and O–H groups in total. The van der Waals surface area contributed by atoms with Crippen molar-refractivity contribution in [2.45, 2.75) is 24.8 Å². The quantitative estimate of drug-likeness (QED) is 0.871. The molecule has 0 amide bonds. The number of nitrogens with zero attached hydrogens (tertiary/aromatic N) is 2. The van der Waals surface area contributed by atoms with Crippen LogP contribution in [0.1, 0.15) is 24.6 Å². The summed E-state index contributed by atoms with van der Waals surface area (Å²) in [4.78, 5) is 7.91. The first kappa shape index (κ1) is 15.7. The first-order chi connectivity index (χ1) is 9.83. The molecule has 0 aliphatic heterocycles. The Morgan fingerprint density at radius 3 is 2.57 bits per heavy atom. The van der Waals surface area contributed by atoms with E-state index in [0.717, 1.165) is 0 Å². The van der Waals surface area contributed by atoms with Gasteiger partial charge in [-0.2, -0.15) is 4.72 Å². The Hall–Kier alpha value is -1.64. The van der Waals surface area contributed by atoms with Crippen LogP contribution >= 0.6 is 11.6 Å². The molecule has 0 spiro atoms.